The number of thiazole rings is 1. The molecule has 0 radical (unpaired) electrons. The second kappa shape index (κ2) is 7.41. The Balaban J connectivity index is 1.50. The van der Waals surface area contributed by atoms with Gasteiger partial charge >= 0.3 is 0 Å². The van der Waals surface area contributed by atoms with Crippen molar-refractivity contribution in [3.63, 3.8) is 0 Å². The average molecular weight is 398 g/mol. The zero-order valence-electron chi connectivity index (χ0n) is 15.5. The van der Waals surface area contributed by atoms with Crippen LogP contribution in [0.5, 0.6) is 5.88 Å². The lowest BCUT2D eigenvalue weighted by Crippen LogP contribution is -1.99. The highest BCUT2D eigenvalue weighted by Crippen LogP contribution is 2.37. The summed E-state index contributed by atoms with van der Waals surface area (Å²) >= 11 is 1.51. The minimum absolute atomic E-state index is 0.187. The van der Waals surface area contributed by atoms with Crippen LogP contribution in [-0.2, 0) is 6.54 Å². The number of fused-ring (bicyclic) bond motifs is 1. The first-order chi connectivity index (χ1) is 14.3. The van der Waals surface area contributed by atoms with Crippen molar-refractivity contribution in [2.75, 3.05) is 5.32 Å². The summed E-state index contributed by atoms with van der Waals surface area (Å²) in [6.45, 7) is 0.654. The number of hydrogen-bond acceptors (Lipinski definition) is 5. The van der Waals surface area contributed by atoms with Gasteiger partial charge in [-0.15, -0.1) is 11.3 Å². The van der Waals surface area contributed by atoms with E-state index in [1.165, 1.54) is 11.3 Å². The Morgan fingerprint density at radius 2 is 1.79 bits per heavy atom. The van der Waals surface area contributed by atoms with Gasteiger partial charge in [-0.2, -0.15) is 0 Å². The van der Waals surface area contributed by atoms with E-state index in [4.69, 9.17) is 4.98 Å². The van der Waals surface area contributed by atoms with Crippen molar-refractivity contribution < 1.29 is 5.11 Å². The van der Waals surface area contributed by atoms with E-state index in [1.54, 1.807) is 17.0 Å². The van der Waals surface area contributed by atoms with Crippen LogP contribution >= 0.6 is 11.3 Å². The minimum Gasteiger partial charge on any atom is -0.494 e. The van der Waals surface area contributed by atoms with Gasteiger partial charge in [0.05, 0.1) is 11.1 Å². The van der Waals surface area contributed by atoms with Gasteiger partial charge in [-0.3, -0.25) is 9.55 Å². The zero-order chi connectivity index (χ0) is 19.6. The van der Waals surface area contributed by atoms with Crippen LogP contribution in [0.25, 0.3) is 27.2 Å². The van der Waals surface area contributed by atoms with Crippen molar-refractivity contribution in [2.24, 2.45) is 0 Å². The van der Waals surface area contributed by atoms with E-state index < -0.39 is 0 Å². The molecule has 0 spiro atoms. The van der Waals surface area contributed by atoms with E-state index in [0.29, 0.717) is 6.54 Å². The molecule has 0 amide bonds. The molecule has 0 aliphatic heterocycles. The number of aromatic hydroxyl groups is 1. The molecule has 6 heteroatoms. The highest BCUT2D eigenvalue weighted by atomic mass is 32.1. The van der Waals surface area contributed by atoms with Gasteiger partial charge in [0.2, 0.25) is 5.88 Å². The fourth-order valence-corrected chi connectivity index (χ4v) is 4.17. The van der Waals surface area contributed by atoms with Gasteiger partial charge in [-0.05, 0) is 23.8 Å². The number of pyridine rings is 1. The van der Waals surface area contributed by atoms with E-state index in [1.807, 2.05) is 72.2 Å². The van der Waals surface area contributed by atoms with Gasteiger partial charge in [-0.25, -0.2) is 4.98 Å². The first-order valence-corrected chi connectivity index (χ1v) is 10.1. The normalized spacial score (nSPS) is 11.0. The molecule has 0 aliphatic rings. The van der Waals surface area contributed by atoms with Gasteiger partial charge in [0.25, 0.3) is 0 Å². The first kappa shape index (κ1) is 17.5. The Morgan fingerprint density at radius 1 is 0.966 bits per heavy atom. The molecular formula is C23H18N4OS. The monoisotopic (exact) mass is 398 g/mol. The second-order valence-corrected chi connectivity index (χ2v) is 7.52. The Morgan fingerprint density at radius 3 is 2.62 bits per heavy atom. The van der Waals surface area contributed by atoms with Crippen LogP contribution in [0.1, 0.15) is 5.56 Å². The van der Waals surface area contributed by atoms with Gasteiger partial charge < -0.3 is 10.4 Å². The van der Waals surface area contributed by atoms with Crippen LogP contribution in [0.3, 0.4) is 0 Å². The molecule has 3 aromatic heterocycles. The summed E-state index contributed by atoms with van der Waals surface area (Å²) in [5, 5.41) is 18.9. The maximum atomic E-state index is 11.0. The third kappa shape index (κ3) is 3.34. The molecule has 5 aromatic rings. The number of nitrogens with zero attached hydrogens (tertiary/aromatic N) is 3. The molecule has 2 N–H and O–H groups in total. The molecule has 0 bridgehead atoms. The first-order valence-electron chi connectivity index (χ1n) is 9.27. The van der Waals surface area contributed by atoms with Crippen LogP contribution in [-0.4, -0.2) is 19.6 Å². The van der Waals surface area contributed by atoms with Crippen LogP contribution in [0.4, 0.5) is 5.69 Å². The molecule has 0 aliphatic carbocycles. The molecule has 3 heterocycles. The molecule has 0 unspecified atom stereocenters. The summed E-state index contributed by atoms with van der Waals surface area (Å²) in [5.41, 5.74) is 3.98. The molecule has 2 aromatic carbocycles. The maximum absolute atomic E-state index is 11.0. The molecule has 142 valence electrons. The molecule has 0 saturated carbocycles. The molecule has 0 saturated heterocycles. The van der Waals surface area contributed by atoms with E-state index >= 15 is 0 Å². The maximum Gasteiger partial charge on any atom is 0.207 e. The summed E-state index contributed by atoms with van der Waals surface area (Å²) in [6, 6.07) is 19.9. The van der Waals surface area contributed by atoms with E-state index in [9.17, 15) is 5.11 Å². The van der Waals surface area contributed by atoms with Gasteiger partial charge in [0.1, 0.15) is 0 Å². The zero-order valence-corrected chi connectivity index (χ0v) is 16.3. The number of nitrogens with one attached hydrogen (secondary N) is 1. The van der Waals surface area contributed by atoms with Crippen molar-refractivity contribution >= 4 is 27.8 Å². The predicted molar refractivity (Wildman–Crippen MR) is 118 cm³/mol. The third-order valence-electron chi connectivity index (χ3n) is 4.82. The van der Waals surface area contributed by atoms with Crippen molar-refractivity contribution in [3.05, 3.63) is 90.2 Å². The van der Waals surface area contributed by atoms with Crippen molar-refractivity contribution in [3.8, 4) is 22.3 Å². The van der Waals surface area contributed by atoms with Crippen LogP contribution in [0.15, 0.2) is 84.6 Å². The van der Waals surface area contributed by atoms with Crippen molar-refractivity contribution in [1.29, 1.82) is 0 Å². The number of benzene rings is 2. The largest absolute Gasteiger partial charge is 0.494 e. The lowest BCUT2D eigenvalue weighted by molar-refractivity contribution is 0.448. The molecule has 0 atom stereocenters. The summed E-state index contributed by atoms with van der Waals surface area (Å²) in [5.74, 6) is 0.187. The highest BCUT2D eigenvalue weighted by molar-refractivity contribution is 7.12. The quantitative estimate of drug-likeness (QED) is 0.412. The van der Waals surface area contributed by atoms with Crippen molar-refractivity contribution in [1.82, 2.24) is 14.5 Å². The van der Waals surface area contributed by atoms with Crippen LogP contribution < -0.4 is 5.32 Å². The SMILES string of the molecule is Oc1c2c(NCc3ccncc3)cccc2cn1-c1nc(-c2ccccc2)cs1. The fourth-order valence-electron chi connectivity index (χ4n) is 3.36. The van der Waals surface area contributed by atoms with Gasteiger partial charge in [-0.1, -0.05) is 42.5 Å². The smallest absolute Gasteiger partial charge is 0.207 e. The average Bonchev–Trinajstić information content (AvgIpc) is 3.39. The van der Waals surface area contributed by atoms with E-state index in [-0.39, 0.29) is 5.88 Å². The Kier molecular flexibility index (Phi) is 4.46. The minimum atomic E-state index is 0.187. The van der Waals surface area contributed by atoms with E-state index in [0.717, 1.165) is 38.4 Å². The topological polar surface area (TPSA) is 63.0 Å². The summed E-state index contributed by atoms with van der Waals surface area (Å²) < 4.78 is 1.75. The Bertz CT molecular complexity index is 1260. The number of hydrogen-bond donors (Lipinski definition) is 2. The molecular weight excluding hydrogens is 380 g/mol. The standard InChI is InChI=1S/C23H18N4OS/c28-22-21-18(7-4-8-19(21)25-13-16-9-11-24-12-10-16)14-27(22)23-26-20(15-29-23)17-5-2-1-3-6-17/h1-12,14-15,25,28H,13H2. The lowest BCUT2D eigenvalue weighted by atomic mass is 10.1. The van der Waals surface area contributed by atoms with E-state index in [2.05, 4.69) is 10.3 Å². The Labute approximate surface area is 171 Å². The third-order valence-corrected chi connectivity index (χ3v) is 5.66. The molecule has 0 fully saturated rings. The second-order valence-electron chi connectivity index (χ2n) is 6.68. The van der Waals surface area contributed by atoms with Crippen LogP contribution in [0, 0.1) is 0 Å². The summed E-state index contributed by atoms with van der Waals surface area (Å²) in [7, 11) is 0. The molecule has 29 heavy (non-hydrogen) atoms. The molecule has 5 rings (SSSR count). The number of anilines is 1. The lowest BCUT2D eigenvalue weighted by Gasteiger charge is -2.08. The highest BCUT2D eigenvalue weighted by Gasteiger charge is 2.16. The van der Waals surface area contributed by atoms with Gasteiger partial charge in [0.15, 0.2) is 5.13 Å². The molecule has 5 nitrogen and oxygen atoms in total. The fraction of sp³-hybridized carbons (Fsp3) is 0.0435. The van der Waals surface area contributed by atoms with Gasteiger partial charge in [0, 0.05) is 47.2 Å². The number of aromatic nitrogens is 3. The summed E-state index contributed by atoms with van der Waals surface area (Å²) in [4.78, 5) is 8.77. The summed E-state index contributed by atoms with van der Waals surface area (Å²) in [6.07, 6.45) is 5.48. The van der Waals surface area contributed by atoms with Crippen molar-refractivity contribution in [2.45, 2.75) is 6.54 Å². The number of rotatable bonds is 5. The predicted octanol–water partition coefficient (Wildman–Crippen LogP) is 5.47. The Hall–Kier alpha value is -3.64. The van der Waals surface area contributed by atoms with Crippen LogP contribution in [0.2, 0.25) is 0 Å².